The monoisotopic (exact) mass is 256 g/mol. The normalized spacial score (nSPS) is 10.3. The van der Waals surface area contributed by atoms with E-state index in [1.807, 2.05) is 13.1 Å². The van der Waals surface area contributed by atoms with Crippen LogP contribution < -0.4 is 10.2 Å². The second kappa shape index (κ2) is 6.18. The molecule has 0 atom stereocenters. The van der Waals surface area contributed by atoms with Gasteiger partial charge in [-0.15, -0.1) is 0 Å². The third-order valence-corrected chi connectivity index (χ3v) is 2.97. The standard InChI is InChI=1S/C15H20N4/c1-4-9-16-14-10-15(18-11-17-14)19(3)13-7-5-12(2)6-8-13/h5-8,10-11H,4,9H2,1-3H3,(H,16,17,18). The summed E-state index contributed by atoms with van der Waals surface area (Å²) in [6.45, 7) is 5.14. The van der Waals surface area contributed by atoms with Gasteiger partial charge in [0, 0.05) is 25.3 Å². The van der Waals surface area contributed by atoms with Crippen molar-refractivity contribution in [1.29, 1.82) is 0 Å². The smallest absolute Gasteiger partial charge is 0.138 e. The van der Waals surface area contributed by atoms with Gasteiger partial charge in [0.1, 0.15) is 18.0 Å². The Bertz CT molecular complexity index is 522. The first-order valence-corrected chi connectivity index (χ1v) is 6.57. The molecule has 1 aromatic carbocycles. The van der Waals surface area contributed by atoms with Crippen molar-refractivity contribution in [3.05, 3.63) is 42.2 Å². The molecule has 0 saturated carbocycles. The number of hydrogen-bond acceptors (Lipinski definition) is 4. The van der Waals surface area contributed by atoms with Crippen molar-refractivity contribution in [2.24, 2.45) is 0 Å². The van der Waals surface area contributed by atoms with E-state index in [0.717, 1.165) is 30.3 Å². The van der Waals surface area contributed by atoms with E-state index in [0.29, 0.717) is 0 Å². The van der Waals surface area contributed by atoms with Crippen LogP contribution in [-0.2, 0) is 0 Å². The van der Waals surface area contributed by atoms with Crippen molar-refractivity contribution in [3.63, 3.8) is 0 Å². The molecule has 4 nitrogen and oxygen atoms in total. The Labute approximate surface area is 114 Å². The number of aryl methyl sites for hydroxylation is 1. The number of rotatable bonds is 5. The average molecular weight is 256 g/mol. The molecule has 0 bridgehead atoms. The number of benzene rings is 1. The Morgan fingerprint density at radius 1 is 1.16 bits per heavy atom. The molecule has 100 valence electrons. The highest BCUT2D eigenvalue weighted by Gasteiger charge is 2.06. The maximum absolute atomic E-state index is 4.32. The van der Waals surface area contributed by atoms with E-state index in [-0.39, 0.29) is 0 Å². The predicted molar refractivity (Wildman–Crippen MR) is 80.1 cm³/mol. The number of nitrogens with zero attached hydrogens (tertiary/aromatic N) is 3. The highest BCUT2D eigenvalue weighted by molar-refractivity contribution is 5.61. The summed E-state index contributed by atoms with van der Waals surface area (Å²) in [5.41, 5.74) is 2.37. The zero-order valence-electron chi connectivity index (χ0n) is 11.7. The molecule has 2 aromatic rings. The van der Waals surface area contributed by atoms with Gasteiger partial charge in [-0.2, -0.15) is 0 Å². The van der Waals surface area contributed by atoms with Gasteiger partial charge in [0.05, 0.1) is 0 Å². The SMILES string of the molecule is CCCNc1cc(N(C)c2ccc(C)cc2)ncn1. The minimum atomic E-state index is 0.866. The summed E-state index contributed by atoms with van der Waals surface area (Å²) in [5, 5.41) is 3.27. The van der Waals surface area contributed by atoms with E-state index >= 15 is 0 Å². The molecule has 0 aliphatic rings. The molecule has 1 aromatic heterocycles. The molecule has 0 aliphatic carbocycles. The molecular formula is C15H20N4. The fourth-order valence-corrected chi connectivity index (χ4v) is 1.78. The van der Waals surface area contributed by atoms with Crippen LogP contribution in [0.25, 0.3) is 0 Å². The number of hydrogen-bond donors (Lipinski definition) is 1. The van der Waals surface area contributed by atoms with Gasteiger partial charge < -0.3 is 10.2 Å². The molecular weight excluding hydrogens is 236 g/mol. The van der Waals surface area contributed by atoms with Crippen LogP contribution in [0.5, 0.6) is 0 Å². The Balaban J connectivity index is 2.18. The van der Waals surface area contributed by atoms with Crippen LogP contribution in [0.3, 0.4) is 0 Å². The van der Waals surface area contributed by atoms with Gasteiger partial charge in [-0.1, -0.05) is 24.6 Å². The van der Waals surface area contributed by atoms with E-state index < -0.39 is 0 Å². The zero-order valence-corrected chi connectivity index (χ0v) is 11.7. The minimum absolute atomic E-state index is 0.866. The molecule has 0 radical (unpaired) electrons. The lowest BCUT2D eigenvalue weighted by Gasteiger charge is -2.19. The lowest BCUT2D eigenvalue weighted by Crippen LogP contribution is -2.12. The minimum Gasteiger partial charge on any atom is -0.370 e. The lowest BCUT2D eigenvalue weighted by molar-refractivity contribution is 0.962. The summed E-state index contributed by atoms with van der Waals surface area (Å²) >= 11 is 0. The highest BCUT2D eigenvalue weighted by Crippen LogP contribution is 2.22. The molecule has 0 fully saturated rings. The van der Waals surface area contributed by atoms with Crippen LogP contribution in [0, 0.1) is 6.92 Å². The van der Waals surface area contributed by atoms with E-state index in [4.69, 9.17) is 0 Å². The van der Waals surface area contributed by atoms with Gasteiger partial charge in [-0.3, -0.25) is 0 Å². The summed E-state index contributed by atoms with van der Waals surface area (Å²) < 4.78 is 0. The number of aromatic nitrogens is 2. The van der Waals surface area contributed by atoms with Crippen molar-refractivity contribution in [1.82, 2.24) is 9.97 Å². The van der Waals surface area contributed by atoms with Crippen LogP contribution in [-0.4, -0.2) is 23.6 Å². The van der Waals surface area contributed by atoms with E-state index in [2.05, 4.69) is 58.3 Å². The summed E-state index contributed by atoms with van der Waals surface area (Å²) in [4.78, 5) is 10.6. The number of nitrogens with one attached hydrogen (secondary N) is 1. The summed E-state index contributed by atoms with van der Waals surface area (Å²) in [7, 11) is 2.01. The lowest BCUT2D eigenvalue weighted by atomic mass is 10.2. The quantitative estimate of drug-likeness (QED) is 0.890. The summed E-state index contributed by atoms with van der Waals surface area (Å²) in [5.74, 6) is 1.75. The van der Waals surface area contributed by atoms with Crippen LogP contribution in [0.15, 0.2) is 36.7 Å². The Morgan fingerprint density at radius 3 is 2.58 bits per heavy atom. The van der Waals surface area contributed by atoms with E-state index in [1.165, 1.54) is 5.56 Å². The fraction of sp³-hybridized carbons (Fsp3) is 0.333. The van der Waals surface area contributed by atoms with Gasteiger partial charge in [0.15, 0.2) is 0 Å². The van der Waals surface area contributed by atoms with Gasteiger partial charge in [-0.25, -0.2) is 9.97 Å². The van der Waals surface area contributed by atoms with Crippen LogP contribution in [0.2, 0.25) is 0 Å². The third-order valence-electron chi connectivity index (χ3n) is 2.97. The summed E-state index contributed by atoms with van der Waals surface area (Å²) in [6, 6.07) is 10.4. The molecule has 2 rings (SSSR count). The fourth-order valence-electron chi connectivity index (χ4n) is 1.78. The summed E-state index contributed by atoms with van der Waals surface area (Å²) in [6.07, 6.45) is 2.67. The maximum Gasteiger partial charge on any atom is 0.138 e. The molecule has 1 N–H and O–H groups in total. The van der Waals surface area contributed by atoms with Gasteiger partial charge in [0.2, 0.25) is 0 Å². The van der Waals surface area contributed by atoms with Gasteiger partial charge >= 0.3 is 0 Å². The molecule has 1 heterocycles. The first-order chi connectivity index (χ1) is 9.20. The molecule has 4 heteroatoms. The first-order valence-electron chi connectivity index (χ1n) is 6.57. The van der Waals surface area contributed by atoms with Crippen LogP contribution >= 0.6 is 0 Å². The molecule has 0 unspecified atom stereocenters. The zero-order chi connectivity index (χ0) is 13.7. The highest BCUT2D eigenvalue weighted by atomic mass is 15.2. The first kappa shape index (κ1) is 13.3. The Kier molecular flexibility index (Phi) is 4.34. The van der Waals surface area contributed by atoms with Crippen molar-refractivity contribution in [3.8, 4) is 0 Å². The third kappa shape index (κ3) is 3.44. The molecule has 0 aliphatic heterocycles. The predicted octanol–water partition coefficient (Wildman–Crippen LogP) is 3.37. The number of anilines is 3. The Hall–Kier alpha value is -2.10. The maximum atomic E-state index is 4.32. The van der Waals surface area contributed by atoms with Crippen LogP contribution in [0.1, 0.15) is 18.9 Å². The molecule has 0 saturated heterocycles. The topological polar surface area (TPSA) is 41.0 Å². The van der Waals surface area contributed by atoms with Crippen molar-refractivity contribution < 1.29 is 0 Å². The molecule has 19 heavy (non-hydrogen) atoms. The largest absolute Gasteiger partial charge is 0.370 e. The second-order valence-corrected chi connectivity index (χ2v) is 4.58. The van der Waals surface area contributed by atoms with Gasteiger partial charge in [-0.05, 0) is 25.5 Å². The van der Waals surface area contributed by atoms with Crippen molar-refractivity contribution in [2.45, 2.75) is 20.3 Å². The van der Waals surface area contributed by atoms with Crippen LogP contribution in [0.4, 0.5) is 17.3 Å². The Morgan fingerprint density at radius 2 is 1.89 bits per heavy atom. The van der Waals surface area contributed by atoms with Crippen molar-refractivity contribution in [2.75, 3.05) is 23.8 Å². The van der Waals surface area contributed by atoms with Crippen molar-refractivity contribution >= 4 is 17.3 Å². The second-order valence-electron chi connectivity index (χ2n) is 4.58. The van der Waals surface area contributed by atoms with E-state index in [9.17, 15) is 0 Å². The average Bonchev–Trinajstić information content (AvgIpc) is 2.45. The van der Waals surface area contributed by atoms with E-state index in [1.54, 1.807) is 6.33 Å². The molecule has 0 amide bonds. The molecule has 0 spiro atoms. The van der Waals surface area contributed by atoms with Gasteiger partial charge in [0.25, 0.3) is 0 Å².